The van der Waals surface area contributed by atoms with E-state index in [0.717, 1.165) is 35.7 Å². The predicted molar refractivity (Wildman–Crippen MR) is 118 cm³/mol. The number of benzene rings is 1. The van der Waals surface area contributed by atoms with E-state index in [-0.39, 0.29) is 11.0 Å². The van der Waals surface area contributed by atoms with Gasteiger partial charge < -0.3 is 5.11 Å². The number of carbonyl (C=O) groups is 1. The van der Waals surface area contributed by atoms with Crippen molar-refractivity contribution >= 4 is 5.97 Å². The second kappa shape index (κ2) is 9.20. The van der Waals surface area contributed by atoms with Crippen molar-refractivity contribution in [2.75, 3.05) is 0 Å². The first-order valence-corrected chi connectivity index (χ1v) is 10.5. The van der Waals surface area contributed by atoms with Crippen LogP contribution in [0.3, 0.4) is 0 Å². The van der Waals surface area contributed by atoms with Gasteiger partial charge in [-0.2, -0.15) is 5.10 Å². The van der Waals surface area contributed by atoms with Gasteiger partial charge in [0.1, 0.15) is 5.82 Å². The van der Waals surface area contributed by atoms with Gasteiger partial charge in [0, 0.05) is 30.8 Å². The number of aromatic carboxylic acids is 1. The Morgan fingerprint density at radius 3 is 2.47 bits per heavy atom. The molecule has 0 radical (unpaired) electrons. The summed E-state index contributed by atoms with van der Waals surface area (Å²) in [6.45, 7) is 9.47. The standard InChI is InChI=1S/C24H30N4O2/c1-5-6-7-14-28-21(26-23(27-28)24(2,3)4)15-17-8-10-18(11-9-17)19-12-13-25-16-20(19)22(29)30/h8-13,16H,5-7,14-15H2,1-4H3,(H,29,30). The number of unbranched alkanes of at least 4 members (excludes halogenated alkanes) is 2. The van der Waals surface area contributed by atoms with Crippen LogP contribution in [-0.2, 0) is 18.4 Å². The van der Waals surface area contributed by atoms with Gasteiger partial charge in [0.05, 0.1) is 5.56 Å². The van der Waals surface area contributed by atoms with Crippen molar-refractivity contribution in [3.8, 4) is 11.1 Å². The SMILES string of the molecule is CCCCCn1nc(C(C)(C)C)nc1Cc1ccc(-c2ccncc2C(=O)O)cc1. The van der Waals surface area contributed by atoms with Crippen LogP contribution in [0.15, 0.2) is 42.7 Å². The molecule has 3 rings (SSSR count). The summed E-state index contributed by atoms with van der Waals surface area (Å²) in [5, 5.41) is 14.2. The molecule has 6 nitrogen and oxygen atoms in total. The van der Waals surface area contributed by atoms with Crippen LogP contribution >= 0.6 is 0 Å². The summed E-state index contributed by atoms with van der Waals surface area (Å²) in [6.07, 6.45) is 7.13. The van der Waals surface area contributed by atoms with Gasteiger partial charge in [-0.05, 0) is 29.2 Å². The van der Waals surface area contributed by atoms with E-state index in [2.05, 4.69) is 37.4 Å². The molecule has 1 aromatic carbocycles. The number of nitrogens with zero attached hydrogens (tertiary/aromatic N) is 4. The van der Waals surface area contributed by atoms with Gasteiger partial charge in [0.25, 0.3) is 0 Å². The second-order valence-corrected chi connectivity index (χ2v) is 8.63. The molecule has 2 heterocycles. The van der Waals surface area contributed by atoms with Gasteiger partial charge in [-0.25, -0.2) is 14.5 Å². The Labute approximate surface area is 178 Å². The predicted octanol–water partition coefficient (Wildman–Crippen LogP) is 5.12. The van der Waals surface area contributed by atoms with Crippen molar-refractivity contribution in [2.45, 2.75) is 65.3 Å². The molecular formula is C24H30N4O2. The van der Waals surface area contributed by atoms with Crippen molar-refractivity contribution < 1.29 is 9.90 Å². The number of pyridine rings is 1. The van der Waals surface area contributed by atoms with E-state index in [0.29, 0.717) is 12.0 Å². The Bertz CT molecular complexity index is 1000. The van der Waals surface area contributed by atoms with E-state index in [1.54, 1.807) is 12.3 Å². The fourth-order valence-corrected chi connectivity index (χ4v) is 3.31. The lowest BCUT2D eigenvalue weighted by atomic mass is 9.96. The maximum atomic E-state index is 11.5. The van der Waals surface area contributed by atoms with Crippen LogP contribution in [0.4, 0.5) is 0 Å². The summed E-state index contributed by atoms with van der Waals surface area (Å²) in [5.74, 6) is 0.865. The third kappa shape index (κ3) is 5.12. The van der Waals surface area contributed by atoms with Crippen LogP contribution in [0, 0.1) is 0 Å². The maximum Gasteiger partial charge on any atom is 0.337 e. The lowest BCUT2D eigenvalue weighted by Gasteiger charge is -2.12. The van der Waals surface area contributed by atoms with Crippen LogP contribution in [-0.4, -0.2) is 30.8 Å². The molecule has 6 heteroatoms. The highest BCUT2D eigenvalue weighted by atomic mass is 16.4. The van der Waals surface area contributed by atoms with Crippen LogP contribution in [0.2, 0.25) is 0 Å². The number of rotatable bonds is 8. The molecule has 158 valence electrons. The zero-order valence-electron chi connectivity index (χ0n) is 18.2. The second-order valence-electron chi connectivity index (χ2n) is 8.63. The number of aromatic nitrogens is 4. The quantitative estimate of drug-likeness (QED) is 0.525. The first-order valence-electron chi connectivity index (χ1n) is 10.5. The maximum absolute atomic E-state index is 11.5. The molecular weight excluding hydrogens is 376 g/mol. The van der Waals surface area contributed by atoms with Gasteiger partial charge in [-0.3, -0.25) is 4.98 Å². The minimum Gasteiger partial charge on any atom is -0.478 e. The molecule has 0 bridgehead atoms. The Hall–Kier alpha value is -3.02. The first-order chi connectivity index (χ1) is 14.3. The van der Waals surface area contributed by atoms with Crippen molar-refractivity contribution in [2.24, 2.45) is 0 Å². The van der Waals surface area contributed by atoms with E-state index in [1.165, 1.54) is 19.0 Å². The molecule has 0 unspecified atom stereocenters. The highest BCUT2D eigenvalue weighted by Crippen LogP contribution is 2.25. The molecule has 1 N–H and O–H groups in total. The van der Waals surface area contributed by atoms with Gasteiger partial charge in [0.2, 0.25) is 0 Å². The average Bonchev–Trinajstić information content (AvgIpc) is 3.12. The third-order valence-electron chi connectivity index (χ3n) is 5.07. The fourth-order valence-electron chi connectivity index (χ4n) is 3.31. The van der Waals surface area contributed by atoms with E-state index in [1.807, 2.05) is 24.3 Å². The molecule has 0 aliphatic heterocycles. The molecule has 0 fully saturated rings. The summed E-state index contributed by atoms with van der Waals surface area (Å²) in [5.41, 5.74) is 2.76. The molecule has 0 amide bonds. The summed E-state index contributed by atoms with van der Waals surface area (Å²) in [4.78, 5) is 20.2. The fraction of sp³-hybridized carbons (Fsp3) is 0.417. The summed E-state index contributed by atoms with van der Waals surface area (Å²) in [7, 11) is 0. The van der Waals surface area contributed by atoms with E-state index >= 15 is 0 Å². The number of aryl methyl sites for hydroxylation is 1. The molecule has 3 aromatic rings. The lowest BCUT2D eigenvalue weighted by molar-refractivity contribution is 0.0697. The molecule has 0 spiro atoms. The Morgan fingerprint density at radius 1 is 1.10 bits per heavy atom. The minimum atomic E-state index is -0.975. The van der Waals surface area contributed by atoms with Crippen LogP contribution in [0.25, 0.3) is 11.1 Å². The van der Waals surface area contributed by atoms with Gasteiger partial charge in [-0.15, -0.1) is 0 Å². The molecule has 0 aliphatic carbocycles. The minimum absolute atomic E-state index is 0.0941. The largest absolute Gasteiger partial charge is 0.478 e. The normalized spacial score (nSPS) is 11.6. The Morgan fingerprint density at radius 2 is 1.83 bits per heavy atom. The smallest absolute Gasteiger partial charge is 0.337 e. The number of carboxylic acid groups (broad SMARTS) is 1. The number of carboxylic acids is 1. The summed E-state index contributed by atoms with van der Waals surface area (Å²) >= 11 is 0. The van der Waals surface area contributed by atoms with Gasteiger partial charge in [-0.1, -0.05) is 64.8 Å². The van der Waals surface area contributed by atoms with Crippen LogP contribution in [0.1, 0.15) is 74.5 Å². The van der Waals surface area contributed by atoms with E-state index in [9.17, 15) is 9.90 Å². The molecule has 30 heavy (non-hydrogen) atoms. The summed E-state index contributed by atoms with van der Waals surface area (Å²) < 4.78 is 2.05. The monoisotopic (exact) mass is 406 g/mol. The zero-order valence-corrected chi connectivity index (χ0v) is 18.2. The molecule has 0 aliphatic rings. The summed E-state index contributed by atoms with van der Waals surface area (Å²) in [6, 6.07) is 9.71. The van der Waals surface area contributed by atoms with Crippen LogP contribution in [0.5, 0.6) is 0 Å². The van der Waals surface area contributed by atoms with Crippen LogP contribution < -0.4 is 0 Å². The van der Waals surface area contributed by atoms with Crippen molar-refractivity contribution in [1.29, 1.82) is 0 Å². The highest BCUT2D eigenvalue weighted by molar-refractivity contribution is 5.95. The molecule has 2 aromatic heterocycles. The molecule has 0 atom stereocenters. The Kier molecular flexibility index (Phi) is 6.65. The Balaban J connectivity index is 1.85. The number of hydrogen-bond acceptors (Lipinski definition) is 4. The highest BCUT2D eigenvalue weighted by Gasteiger charge is 2.22. The lowest BCUT2D eigenvalue weighted by Crippen LogP contribution is -2.14. The van der Waals surface area contributed by atoms with Gasteiger partial charge in [0.15, 0.2) is 5.82 Å². The molecule has 0 saturated heterocycles. The van der Waals surface area contributed by atoms with Crippen molar-refractivity contribution in [1.82, 2.24) is 19.7 Å². The first kappa shape index (κ1) is 21.7. The topological polar surface area (TPSA) is 80.9 Å². The van der Waals surface area contributed by atoms with E-state index < -0.39 is 5.97 Å². The van der Waals surface area contributed by atoms with Gasteiger partial charge >= 0.3 is 5.97 Å². The average molecular weight is 407 g/mol. The van der Waals surface area contributed by atoms with Crippen molar-refractivity contribution in [3.05, 3.63) is 65.5 Å². The van der Waals surface area contributed by atoms with Crippen molar-refractivity contribution in [3.63, 3.8) is 0 Å². The third-order valence-corrected chi connectivity index (χ3v) is 5.07. The van der Waals surface area contributed by atoms with E-state index in [4.69, 9.17) is 10.1 Å². The molecule has 0 saturated carbocycles. The number of hydrogen-bond donors (Lipinski definition) is 1. The zero-order chi connectivity index (χ0) is 21.7.